The monoisotopic (exact) mass is 275 g/mol. The molecule has 0 spiro atoms. The predicted molar refractivity (Wildman–Crippen MR) is 64.4 cm³/mol. The maximum Gasteiger partial charge on any atom is 0.308 e. The second-order valence-electron chi connectivity index (χ2n) is 4.42. The first kappa shape index (κ1) is 14.7. The summed E-state index contributed by atoms with van der Waals surface area (Å²) in [5.41, 5.74) is 0. The summed E-state index contributed by atoms with van der Waals surface area (Å²) in [6.07, 6.45) is 2.72. The molecule has 0 fully saturated rings. The summed E-state index contributed by atoms with van der Waals surface area (Å²) in [6, 6.07) is 0. The van der Waals surface area contributed by atoms with Crippen LogP contribution in [0.15, 0.2) is 17.6 Å². The molecule has 18 heavy (non-hydrogen) atoms. The van der Waals surface area contributed by atoms with Gasteiger partial charge in [-0.05, 0) is 5.92 Å². The average Bonchev–Trinajstić information content (AvgIpc) is 2.64. The summed E-state index contributed by atoms with van der Waals surface area (Å²) >= 11 is 0. The molecule has 0 aliphatic carbocycles. The third-order valence-electron chi connectivity index (χ3n) is 2.57. The van der Waals surface area contributed by atoms with Crippen LogP contribution in [0.2, 0.25) is 0 Å². The predicted octanol–water partition coefficient (Wildman–Crippen LogP) is 0.0552. The minimum Gasteiger partial charge on any atom is -0.481 e. The molecule has 0 bridgehead atoms. The van der Waals surface area contributed by atoms with Crippen LogP contribution < -0.4 is 4.72 Å². The van der Waals surface area contributed by atoms with Gasteiger partial charge in [-0.3, -0.25) is 4.79 Å². The normalized spacial score (nSPS) is 13.8. The second kappa shape index (κ2) is 5.49. The molecule has 7 nitrogen and oxygen atoms in total. The summed E-state index contributed by atoms with van der Waals surface area (Å²) in [6.45, 7) is 3.31. The Kier molecular flexibility index (Phi) is 4.47. The molecule has 8 heteroatoms. The first-order chi connectivity index (χ1) is 8.24. The topological polar surface area (TPSA) is 101 Å². The molecule has 1 rings (SSSR count). The molecule has 1 aromatic rings. The highest BCUT2D eigenvalue weighted by Gasteiger charge is 2.25. The minimum absolute atomic E-state index is 0.113. The quantitative estimate of drug-likeness (QED) is 0.764. The molecule has 1 aromatic heterocycles. The maximum atomic E-state index is 11.8. The van der Waals surface area contributed by atoms with Crippen molar-refractivity contribution in [3.05, 3.63) is 12.5 Å². The minimum atomic E-state index is -3.75. The lowest BCUT2D eigenvalue weighted by Gasteiger charge is -2.16. The molecule has 1 heterocycles. The van der Waals surface area contributed by atoms with Crippen molar-refractivity contribution in [2.45, 2.75) is 18.9 Å². The van der Waals surface area contributed by atoms with Crippen molar-refractivity contribution in [1.82, 2.24) is 14.3 Å². The molecule has 0 radical (unpaired) electrons. The van der Waals surface area contributed by atoms with Gasteiger partial charge in [-0.2, -0.15) is 0 Å². The molecule has 0 saturated carbocycles. The van der Waals surface area contributed by atoms with Gasteiger partial charge in [0.1, 0.15) is 0 Å². The van der Waals surface area contributed by atoms with Crippen LogP contribution in [-0.4, -0.2) is 35.6 Å². The largest absolute Gasteiger partial charge is 0.481 e. The number of nitrogens with zero attached hydrogens (tertiary/aromatic N) is 2. The number of aliphatic carboxylic acids is 1. The molecular formula is C10H17N3O4S. The molecule has 0 amide bonds. The highest BCUT2D eigenvalue weighted by atomic mass is 32.2. The molecular weight excluding hydrogens is 258 g/mol. The summed E-state index contributed by atoms with van der Waals surface area (Å²) < 4.78 is 27.4. The van der Waals surface area contributed by atoms with Crippen LogP contribution in [0.5, 0.6) is 0 Å². The Morgan fingerprint density at radius 2 is 2.17 bits per heavy atom. The van der Waals surface area contributed by atoms with Gasteiger partial charge in [0, 0.05) is 19.8 Å². The standard InChI is InChI=1S/C10H17N3O4S/c1-7(2)8(10(14)15)4-12-18(16,17)9-5-13(3)6-11-9/h5-8,12H,4H2,1-3H3,(H,14,15). The van der Waals surface area contributed by atoms with Crippen LogP contribution in [0.4, 0.5) is 0 Å². The van der Waals surface area contributed by atoms with E-state index in [2.05, 4.69) is 9.71 Å². The number of hydrogen-bond donors (Lipinski definition) is 2. The highest BCUT2D eigenvalue weighted by molar-refractivity contribution is 7.89. The Morgan fingerprint density at radius 3 is 2.56 bits per heavy atom. The lowest BCUT2D eigenvalue weighted by atomic mass is 9.97. The molecule has 2 N–H and O–H groups in total. The fourth-order valence-corrected chi connectivity index (χ4v) is 2.45. The Labute approximate surface area is 106 Å². The van der Waals surface area contributed by atoms with Crippen molar-refractivity contribution in [1.29, 1.82) is 0 Å². The van der Waals surface area contributed by atoms with E-state index >= 15 is 0 Å². The van der Waals surface area contributed by atoms with Gasteiger partial charge < -0.3 is 9.67 Å². The van der Waals surface area contributed by atoms with E-state index in [1.54, 1.807) is 20.9 Å². The van der Waals surface area contributed by atoms with Gasteiger partial charge >= 0.3 is 5.97 Å². The molecule has 0 aliphatic rings. The Bertz CT molecular complexity index is 521. The number of aromatic nitrogens is 2. The third kappa shape index (κ3) is 3.54. The second-order valence-corrected chi connectivity index (χ2v) is 6.13. The fraction of sp³-hybridized carbons (Fsp3) is 0.600. The number of hydrogen-bond acceptors (Lipinski definition) is 4. The highest BCUT2D eigenvalue weighted by Crippen LogP contribution is 2.11. The molecule has 0 saturated heterocycles. The summed E-state index contributed by atoms with van der Waals surface area (Å²) in [4.78, 5) is 14.7. The van der Waals surface area contributed by atoms with Crippen LogP contribution in [-0.2, 0) is 21.9 Å². The van der Waals surface area contributed by atoms with E-state index in [0.29, 0.717) is 0 Å². The lowest BCUT2D eigenvalue weighted by Crippen LogP contribution is -2.35. The van der Waals surface area contributed by atoms with Gasteiger partial charge in [-0.25, -0.2) is 18.1 Å². The van der Waals surface area contributed by atoms with Crippen molar-refractivity contribution in [2.24, 2.45) is 18.9 Å². The van der Waals surface area contributed by atoms with E-state index in [1.807, 2.05) is 0 Å². The van der Waals surface area contributed by atoms with E-state index in [1.165, 1.54) is 17.1 Å². The van der Waals surface area contributed by atoms with E-state index in [-0.39, 0.29) is 17.5 Å². The summed E-state index contributed by atoms with van der Waals surface area (Å²) in [5.74, 6) is -1.94. The smallest absolute Gasteiger partial charge is 0.308 e. The molecule has 102 valence electrons. The lowest BCUT2D eigenvalue weighted by molar-refractivity contribution is -0.142. The fourth-order valence-electron chi connectivity index (χ4n) is 1.41. The SMILES string of the molecule is CC(C)C(CNS(=O)(=O)c1cn(C)cn1)C(=O)O. The van der Waals surface area contributed by atoms with E-state index in [0.717, 1.165) is 0 Å². The zero-order valence-electron chi connectivity index (χ0n) is 10.5. The number of rotatable bonds is 6. The molecule has 0 aromatic carbocycles. The Balaban J connectivity index is 2.76. The zero-order valence-corrected chi connectivity index (χ0v) is 11.3. The van der Waals surface area contributed by atoms with Gasteiger partial charge in [0.2, 0.25) is 0 Å². The first-order valence-electron chi connectivity index (χ1n) is 5.44. The van der Waals surface area contributed by atoms with Gasteiger partial charge in [-0.15, -0.1) is 0 Å². The van der Waals surface area contributed by atoms with Crippen molar-refractivity contribution in [2.75, 3.05) is 6.54 Å². The van der Waals surface area contributed by atoms with Gasteiger partial charge in [0.05, 0.1) is 12.2 Å². The van der Waals surface area contributed by atoms with E-state index in [9.17, 15) is 13.2 Å². The number of sulfonamides is 1. The van der Waals surface area contributed by atoms with Gasteiger partial charge in [-0.1, -0.05) is 13.8 Å². The average molecular weight is 275 g/mol. The maximum absolute atomic E-state index is 11.8. The van der Waals surface area contributed by atoms with Crippen molar-refractivity contribution >= 4 is 16.0 Å². The van der Waals surface area contributed by atoms with Crippen LogP contribution in [0.3, 0.4) is 0 Å². The number of aryl methyl sites for hydroxylation is 1. The number of nitrogens with one attached hydrogen (secondary N) is 1. The Hall–Kier alpha value is -1.41. The number of carboxylic acid groups (broad SMARTS) is 1. The van der Waals surface area contributed by atoms with E-state index < -0.39 is 21.9 Å². The number of imidazole rings is 1. The third-order valence-corrected chi connectivity index (χ3v) is 3.88. The van der Waals surface area contributed by atoms with Crippen LogP contribution in [0.25, 0.3) is 0 Å². The summed E-state index contributed by atoms with van der Waals surface area (Å²) in [7, 11) is -2.09. The zero-order chi connectivity index (χ0) is 13.9. The Morgan fingerprint density at radius 1 is 1.56 bits per heavy atom. The molecule has 0 aliphatic heterocycles. The summed E-state index contributed by atoms with van der Waals surface area (Å²) in [5, 5.41) is 8.85. The van der Waals surface area contributed by atoms with Gasteiger partial charge in [0.25, 0.3) is 10.0 Å². The van der Waals surface area contributed by atoms with Crippen LogP contribution in [0.1, 0.15) is 13.8 Å². The van der Waals surface area contributed by atoms with Crippen LogP contribution >= 0.6 is 0 Å². The molecule has 1 unspecified atom stereocenters. The van der Waals surface area contributed by atoms with Gasteiger partial charge in [0.15, 0.2) is 5.03 Å². The van der Waals surface area contributed by atoms with Crippen molar-refractivity contribution in [3.8, 4) is 0 Å². The molecule has 1 atom stereocenters. The number of carboxylic acids is 1. The first-order valence-corrected chi connectivity index (χ1v) is 6.93. The van der Waals surface area contributed by atoms with E-state index in [4.69, 9.17) is 5.11 Å². The van der Waals surface area contributed by atoms with Crippen molar-refractivity contribution < 1.29 is 18.3 Å². The number of carbonyl (C=O) groups is 1. The van der Waals surface area contributed by atoms with Crippen molar-refractivity contribution in [3.63, 3.8) is 0 Å². The van der Waals surface area contributed by atoms with Crippen LogP contribution in [0, 0.1) is 11.8 Å².